The van der Waals surface area contributed by atoms with Crippen LogP contribution in [0.5, 0.6) is 5.75 Å². The van der Waals surface area contributed by atoms with Gasteiger partial charge < -0.3 is 4.74 Å². The molecule has 2 aromatic carbocycles. The summed E-state index contributed by atoms with van der Waals surface area (Å²) in [5.41, 5.74) is 2.94. The number of hydrogen-bond acceptors (Lipinski definition) is 3. The van der Waals surface area contributed by atoms with Gasteiger partial charge in [-0.1, -0.05) is 24.3 Å². The molecule has 0 aliphatic carbocycles. The van der Waals surface area contributed by atoms with Crippen molar-refractivity contribution in [3.05, 3.63) is 35.8 Å². The molecule has 0 saturated carbocycles. The standard InChI is InChI=1S/C12H9NOS/c1-14-10-6-11-12(13-7-15-11)9-5-3-2-4-8(9)10/h2-7H,1H3. The van der Waals surface area contributed by atoms with E-state index in [2.05, 4.69) is 23.2 Å². The Bertz CT molecular complexity index is 630. The van der Waals surface area contributed by atoms with E-state index in [1.54, 1.807) is 18.4 Å². The highest BCUT2D eigenvalue weighted by Crippen LogP contribution is 2.34. The van der Waals surface area contributed by atoms with Crippen molar-refractivity contribution in [3.63, 3.8) is 0 Å². The number of methoxy groups -OCH3 is 1. The van der Waals surface area contributed by atoms with Crippen molar-refractivity contribution in [2.24, 2.45) is 0 Å². The summed E-state index contributed by atoms with van der Waals surface area (Å²) in [6.45, 7) is 0. The normalized spacial score (nSPS) is 11.0. The minimum atomic E-state index is 0.919. The van der Waals surface area contributed by atoms with Crippen molar-refractivity contribution in [2.75, 3.05) is 7.11 Å². The van der Waals surface area contributed by atoms with Gasteiger partial charge in [-0.2, -0.15) is 0 Å². The van der Waals surface area contributed by atoms with E-state index in [1.165, 1.54) is 4.70 Å². The molecule has 0 spiro atoms. The molecule has 0 atom stereocenters. The van der Waals surface area contributed by atoms with Crippen molar-refractivity contribution in [3.8, 4) is 5.75 Å². The Labute approximate surface area is 91.1 Å². The molecule has 2 nitrogen and oxygen atoms in total. The van der Waals surface area contributed by atoms with E-state index in [4.69, 9.17) is 4.74 Å². The predicted molar refractivity (Wildman–Crippen MR) is 63.7 cm³/mol. The molecule has 0 saturated heterocycles. The average molecular weight is 215 g/mol. The van der Waals surface area contributed by atoms with Crippen molar-refractivity contribution in [1.82, 2.24) is 4.98 Å². The molecule has 3 heteroatoms. The fourth-order valence-corrected chi connectivity index (χ4v) is 2.55. The first-order chi connectivity index (χ1) is 7.40. The molecule has 0 fully saturated rings. The maximum Gasteiger partial charge on any atom is 0.128 e. The lowest BCUT2D eigenvalue weighted by Gasteiger charge is -2.05. The molecule has 0 aliphatic rings. The lowest BCUT2D eigenvalue weighted by atomic mass is 10.1. The van der Waals surface area contributed by atoms with Gasteiger partial charge in [0.2, 0.25) is 0 Å². The first kappa shape index (κ1) is 8.68. The van der Waals surface area contributed by atoms with Crippen molar-refractivity contribution < 1.29 is 4.74 Å². The summed E-state index contributed by atoms with van der Waals surface area (Å²) in [5.74, 6) is 0.919. The molecule has 0 radical (unpaired) electrons. The Morgan fingerprint density at radius 2 is 2.00 bits per heavy atom. The van der Waals surface area contributed by atoms with Gasteiger partial charge >= 0.3 is 0 Å². The summed E-state index contributed by atoms with van der Waals surface area (Å²) in [4.78, 5) is 4.39. The zero-order valence-corrected chi connectivity index (χ0v) is 9.04. The van der Waals surface area contributed by atoms with Crippen LogP contribution in [-0.2, 0) is 0 Å². The highest BCUT2D eigenvalue weighted by Gasteiger charge is 2.07. The van der Waals surface area contributed by atoms with Crippen LogP contribution in [0.25, 0.3) is 21.0 Å². The van der Waals surface area contributed by atoms with Crippen LogP contribution in [0.15, 0.2) is 35.8 Å². The minimum Gasteiger partial charge on any atom is -0.496 e. The van der Waals surface area contributed by atoms with E-state index in [9.17, 15) is 0 Å². The summed E-state index contributed by atoms with van der Waals surface area (Å²) in [7, 11) is 1.70. The number of rotatable bonds is 1. The van der Waals surface area contributed by atoms with E-state index in [0.717, 1.165) is 22.0 Å². The van der Waals surface area contributed by atoms with Gasteiger partial charge in [0, 0.05) is 16.8 Å². The van der Waals surface area contributed by atoms with Crippen molar-refractivity contribution in [1.29, 1.82) is 0 Å². The topological polar surface area (TPSA) is 22.1 Å². The highest BCUT2D eigenvalue weighted by molar-refractivity contribution is 7.16. The molecule has 0 unspecified atom stereocenters. The van der Waals surface area contributed by atoms with Gasteiger partial charge in [0.1, 0.15) is 5.75 Å². The van der Waals surface area contributed by atoms with Crippen LogP contribution in [-0.4, -0.2) is 12.1 Å². The van der Waals surface area contributed by atoms with Crippen LogP contribution in [0.1, 0.15) is 0 Å². The Balaban J connectivity index is 2.58. The fraction of sp³-hybridized carbons (Fsp3) is 0.0833. The van der Waals surface area contributed by atoms with Gasteiger partial charge in [0.15, 0.2) is 0 Å². The SMILES string of the molecule is COc1cc2scnc2c2ccccc12. The quantitative estimate of drug-likeness (QED) is 0.620. The monoisotopic (exact) mass is 215 g/mol. The van der Waals surface area contributed by atoms with Crippen LogP contribution in [0.4, 0.5) is 0 Å². The number of ether oxygens (including phenoxy) is 1. The Morgan fingerprint density at radius 3 is 2.80 bits per heavy atom. The number of hydrogen-bond donors (Lipinski definition) is 0. The van der Waals surface area contributed by atoms with E-state index in [-0.39, 0.29) is 0 Å². The summed E-state index contributed by atoms with van der Waals surface area (Å²) >= 11 is 1.64. The molecule has 0 bridgehead atoms. The summed E-state index contributed by atoms with van der Waals surface area (Å²) < 4.78 is 6.56. The summed E-state index contributed by atoms with van der Waals surface area (Å²) in [6.07, 6.45) is 0. The lowest BCUT2D eigenvalue weighted by molar-refractivity contribution is 0.420. The first-order valence-corrected chi connectivity index (χ1v) is 5.57. The second-order valence-electron chi connectivity index (χ2n) is 3.32. The van der Waals surface area contributed by atoms with Crippen molar-refractivity contribution >= 4 is 32.3 Å². The van der Waals surface area contributed by atoms with Gasteiger partial charge in [0.05, 0.1) is 22.8 Å². The van der Waals surface area contributed by atoms with Gasteiger partial charge in [-0.25, -0.2) is 4.98 Å². The maximum atomic E-state index is 5.38. The molecule has 3 aromatic rings. The molecule has 1 aromatic heterocycles. The number of aromatic nitrogens is 1. The number of benzene rings is 2. The van der Waals surface area contributed by atoms with E-state index in [0.29, 0.717) is 0 Å². The molecule has 0 aliphatic heterocycles. The van der Waals surface area contributed by atoms with Crippen LogP contribution >= 0.6 is 11.3 Å². The Hall–Kier alpha value is -1.61. The smallest absolute Gasteiger partial charge is 0.128 e. The van der Waals surface area contributed by atoms with Crippen LogP contribution in [0, 0.1) is 0 Å². The van der Waals surface area contributed by atoms with Gasteiger partial charge in [-0.3, -0.25) is 0 Å². The third-order valence-electron chi connectivity index (χ3n) is 2.52. The summed E-state index contributed by atoms with van der Waals surface area (Å²) in [6, 6.07) is 10.2. The third kappa shape index (κ3) is 1.20. The fourth-order valence-electron chi connectivity index (χ4n) is 1.83. The Kier molecular flexibility index (Phi) is 1.86. The second kappa shape index (κ2) is 3.21. The lowest BCUT2D eigenvalue weighted by Crippen LogP contribution is -1.85. The molecule has 0 amide bonds. The van der Waals surface area contributed by atoms with Crippen LogP contribution in [0.3, 0.4) is 0 Å². The predicted octanol–water partition coefficient (Wildman–Crippen LogP) is 3.46. The van der Waals surface area contributed by atoms with Crippen LogP contribution in [0.2, 0.25) is 0 Å². The molecule has 15 heavy (non-hydrogen) atoms. The molecular formula is C12H9NOS. The second-order valence-corrected chi connectivity index (χ2v) is 4.21. The molecule has 0 N–H and O–H groups in total. The zero-order valence-electron chi connectivity index (χ0n) is 8.23. The average Bonchev–Trinajstić information content (AvgIpc) is 2.76. The van der Waals surface area contributed by atoms with E-state index >= 15 is 0 Å². The van der Waals surface area contributed by atoms with E-state index < -0.39 is 0 Å². The Morgan fingerprint density at radius 1 is 1.20 bits per heavy atom. The maximum absolute atomic E-state index is 5.38. The zero-order chi connectivity index (χ0) is 10.3. The molecule has 3 rings (SSSR count). The first-order valence-electron chi connectivity index (χ1n) is 4.69. The van der Waals surface area contributed by atoms with Gasteiger partial charge in [-0.15, -0.1) is 11.3 Å². The van der Waals surface area contributed by atoms with Gasteiger partial charge in [-0.05, 0) is 0 Å². The third-order valence-corrected chi connectivity index (χ3v) is 3.30. The van der Waals surface area contributed by atoms with Gasteiger partial charge in [0.25, 0.3) is 0 Å². The number of thiazole rings is 1. The van der Waals surface area contributed by atoms with Crippen LogP contribution < -0.4 is 4.74 Å². The number of fused-ring (bicyclic) bond motifs is 3. The minimum absolute atomic E-state index is 0.919. The van der Waals surface area contributed by atoms with E-state index in [1.807, 2.05) is 17.6 Å². The highest BCUT2D eigenvalue weighted by atomic mass is 32.1. The van der Waals surface area contributed by atoms with Crippen molar-refractivity contribution in [2.45, 2.75) is 0 Å². The molecular weight excluding hydrogens is 206 g/mol. The molecule has 74 valence electrons. The largest absolute Gasteiger partial charge is 0.496 e. The molecule has 1 heterocycles. The summed E-state index contributed by atoms with van der Waals surface area (Å²) in [5, 5.41) is 2.28. The number of nitrogens with zero attached hydrogens (tertiary/aromatic N) is 1.